The van der Waals surface area contributed by atoms with Crippen LogP contribution >= 0.6 is 0 Å². The molecule has 1 aromatic carbocycles. The summed E-state index contributed by atoms with van der Waals surface area (Å²) < 4.78 is 18.6. The number of allylic oxidation sites excluding steroid dienone is 4. The highest BCUT2D eigenvalue weighted by atomic mass is 19.1. The molecule has 4 heteroatoms. The van der Waals surface area contributed by atoms with E-state index in [2.05, 4.69) is 31.2 Å². The molecule has 0 radical (unpaired) electrons. The molecule has 1 aromatic rings. The quantitative estimate of drug-likeness (QED) is 0.243. The molecular formula is C28H36FNO2. The molecule has 2 aliphatic carbocycles. The Morgan fingerprint density at radius 3 is 2.41 bits per heavy atom. The van der Waals surface area contributed by atoms with Gasteiger partial charge in [-0.1, -0.05) is 43.3 Å². The highest BCUT2D eigenvalue weighted by molar-refractivity contribution is 5.72. The molecule has 3 nitrogen and oxygen atoms in total. The summed E-state index contributed by atoms with van der Waals surface area (Å²) in [6.45, 7) is 2.18. The average Bonchev–Trinajstić information content (AvgIpc) is 2.84. The van der Waals surface area contributed by atoms with Gasteiger partial charge >= 0.3 is 5.97 Å². The van der Waals surface area contributed by atoms with Crippen LogP contribution in [0.25, 0.3) is 0 Å². The SMILES string of the molecule is CCc1ccc([C@H]2CC[C@H](OC(=O)[C@H]3CC[C@H](CCC=CC=C(F)C#N)CC3)CC2)cc1. The van der Waals surface area contributed by atoms with E-state index in [0.29, 0.717) is 11.8 Å². The summed E-state index contributed by atoms with van der Waals surface area (Å²) in [5.74, 6) is 0.500. The summed E-state index contributed by atoms with van der Waals surface area (Å²) in [5, 5.41) is 8.38. The lowest BCUT2D eigenvalue weighted by Crippen LogP contribution is -2.29. The zero-order valence-electron chi connectivity index (χ0n) is 19.3. The summed E-state index contributed by atoms with van der Waals surface area (Å²) in [7, 11) is 0. The number of ether oxygens (including phenoxy) is 1. The molecule has 3 rings (SSSR count). The molecule has 0 aromatic heterocycles. The van der Waals surface area contributed by atoms with Gasteiger partial charge in [-0.15, -0.1) is 0 Å². The van der Waals surface area contributed by atoms with Crippen molar-refractivity contribution >= 4 is 5.97 Å². The molecular weight excluding hydrogens is 401 g/mol. The van der Waals surface area contributed by atoms with Crippen LogP contribution in [0.3, 0.4) is 0 Å². The summed E-state index contributed by atoms with van der Waals surface area (Å²) in [5.41, 5.74) is 2.80. The maximum atomic E-state index is 12.7. The summed E-state index contributed by atoms with van der Waals surface area (Å²) in [6, 6.07) is 10.5. The van der Waals surface area contributed by atoms with Gasteiger partial charge in [0.05, 0.1) is 5.92 Å². The van der Waals surface area contributed by atoms with Gasteiger partial charge in [-0.2, -0.15) is 9.65 Å². The highest BCUT2D eigenvalue weighted by Gasteiger charge is 2.30. The van der Waals surface area contributed by atoms with E-state index in [0.717, 1.165) is 70.6 Å². The van der Waals surface area contributed by atoms with Crippen LogP contribution in [-0.2, 0) is 16.0 Å². The molecule has 0 aliphatic heterocycles. The van der Waals surface area contributed by atoms with Crippen molar-refractivity contribution in [2.45, 2.75) is 89.6 Å². The van der Waals surface area contributed by atoms with Crippen molar-refractivity contribution in [2.24, 2.45) is 11.8 Å². The third-order valence-corrected chi connectivity index (χ3v) is 7.22. The number of rotatable bonds is 8. The summed E-state index contributed by atoms with van der Waals surface area (Å²) in [6.07, 6.45) is 15.8. The predicted molar refractivity (Wildman–Crippen MR) is 126 cm³/mol. The van der Waals surface area contributed by atoms with E-state index in [9.17, 15) is 9.18 Å². The number of nitrogens with zero attached hydrogens (tertiary/aromatic N) is 1. The lowest BCUT2D eigenvalue weighted by atomic mass is 9.79. The Hall–Kier alpha value is -2.41. The topological polar surface area (TPSA) is 50.1 Å². The third kappa shape index (κ3) is 7.33. The van der Waals surface area contributed by atoms with Crippen LogP contribution in [0.2, 0.25) is 0 Å². The fraction of sp³-hybridized carbons (Fsp3) is 0.571. The number of hydrogen-bond donors (Lipinski definition) is 0. The molecule has 0 heterocycles. The molecule has 0 saturated heterocycles. The number of aryl methyl sites for hydroxylation is 1. The second-order valence-corrected chi connectivity index (χ2v) is 9.36. The van der Waals surface area contributed by atoms with Crippen molar-refractivity contribution < 1.29 is 13.9 Å². The smallest absolute Gasteiger partial charge is 0.309 e. The fourth-order valence-electron chi connectivity index (χ4n) is 5.10. The number of hydrogen-bond acceptors (Lipinski definition) is 3. The second kappa shape index (κ2) is 12.6. The van der Waals surface area contributed by atoms with E-state index >= 15 is 0 Å². The maximum Gasteiger partial charge on any atom is 0.309 e. The lowest BCUT2D eigenvalue weighted by molar-refractivity contribution is -0.157. The first-order valence-corrected chi connectivity index (χ1v) is 12.3. The number of nitriles is 1. The van der Waals surface area contributed by atoms with Crippen molar-refractivity contribution in [3.63, 3.8) is 0 Å². The molecule has 0 bridgehead atoms. The van der Waals surface area contributed by atoms with Gasteiger partial charge in [0.15, 0.2) is 5.83 Å². The molecule has 2 aliphatic rings. The van der Waals surface area contributed by atoms with Gasteiger partial charge in [0, 0.05) is 0 Å². The van der Waals surface area contributed by atoms with Crippen LogP contribution in [0.4, 0.5) is 4.39 Å². The van der Waals surface area contributed by atoms with Crippen LogP contribution in [0.5, 0.6) is 0 Å². The van der Waals surface area contributed by atoms with Crippen LogP contribution in [0, 0.1) is 23.2 Å². The average molecular weight is 438 g/mol. The van der Waals surface area contributed by atoms with Crippen molar-refractivity contribution in [2.75, 3.05) is 0 Å². The number of carbonyl (C=O) groups excluding carboxylic acids is 1. The van der Waals surface area contributed by atoms with E-state index in [-0.39, 0.29) is 18.0 Å². The first-order valence-electron chi connectivity index (χ1n) is 12.3. The molecule has 172 valence electrons. The number of esters is 1. The van der Waals surface area contributed by atoms with Gasteiger partial charge in [0.2, 0.25) is 0 Å². The maximum absolute atomic E-state index is 12.7. The Morgan fingerprint density at radius 1 is 1.09 bits per heavy atom. The lowest BCUT2D eigenvalue weighted by Gasteiger charge is -2.31. The zero-order chi connectivity index (χ0) is 22.8. The van der Waals surface area contributed by atoms with Gasteiger partial charge in [-0.25, -0.2) is 0 Å². The predicted octanol–water partition coefficient (Wildman–Crippen LogP) is 7.34. The van der Waals surface area contributed by atoms with Crippen LogP contribution in [-0.4, -0.2) is 12.1 Å². The van der Waals surface area contributed by atoms with Gasteiger partial charge in [-0.05, 0) is 99.7 Å². The summed E-state index contributed by atoms with van der Waals surface area (Å²) >= 11 is 0. The molecule has 2 fully saturated rings. The largest absolute Gasteiger partial charge is 0.462 e. The molecule has 0 atom stereocenters. The van der Waals surface area contributed by atoms with E-state index in [1.807, 2.05) is 6.08 Å². The van der Waals surface area contributed by atoms with Crippen LogP contribution in [0.15, 0.2) is 48.3 Å². The van der Waals surface area contributed by atoms with Gasteiger partial charge in [0.25, 0.3) is 0 Å². The Morgan fingerprint density at radius 2 is 1.78 bits per heavy atom. The molecule has 32 heavy (non-hydrogen) atoms. The van der Waals surface area contributed by atoms with Crippen molar-refractivity contribution in [3.8, 4) is 6.07 Å². The first-order chi connectivity index (χ1) is 15.6. The Bertz CT molecular complexity index is 820. The van der Waals surface area contributed by atoms with E-state index in [4.69, 9.17) is 10.00 Å². The normalized spacial score (nSPS) is 26.6. The molecule has 0 amide bonds. The van der Waals surface area contributed by atoms with E-state index in [1.165, 1.54) is 23.3 Å². The minimum absolute atomic E-state index is 0.0104. The number of benzene rings is 1. The molecule has 0 spiro atoms. The highest BCUT2D eigenvalue weighted by Crippen LogP contribution is 2.36. The minimum atomic E-state index is -0.764. The molecule has 2 saturated carbocycles. The van der Waals surface area contributed by atoms with Crippen molar-refractivity contribution in [1.29, 1.82) is 5.26 Å². The Labute approximate surface area is 192 Å². The second-order valence-electron chi connectivity index (χ2n) is 9.36. The molecule has 0 N–H and O–H groups in total. The van der Waals surface area contributed by atoms with E-state index in [1.54, 1.807) is 6.08 Å². The number of halogens is 1. The van der Waals surface area contributed by atoms with Gasteiger partial charge in [0.1, 0.15) is 12.2 Å². The van der Waals surface area contributed by atoms with Crippen LogP contribution < -0.4 is 0 Å². The van der Waals surface area contributed by atoms with Crippen LogP contribution in [0.1, 0.15) is 88.2 Å². The van der Waals surface area contributed by atoms with Gasteiger partial charge < -0.3 is 4.74 Å². The standard InChI is InChI=1S/C28H36FNO2/c1-2-21-8-12-23(13-9-21)24-16-18-27(19-17-24)32-28(31)25-14-10-22(11-15-25)6-4-3-5-7-26(29)20-30/h3,5,7-9,12-13,22,24-25,27H,2,4,6,10-11,14-19H2,1H3/t22-,24-,25-,27-. The fourth-order valence-corrected chi connectivity index (χ4v) is 5.10. The molecule has 0 unspecified atom stereocenters. The van der Waals surface area contributed by atoms with E-state index < -0.39 is 5.83 Å². The Balaban J connectivity index is 1.33. The number of carbonyl (C=O) groups is 1. The van der Waals surface area contributed by atoms with Gasteiger partial charge in [-0.3, -0.25) is 4.79 Å². The first kappa shape index (κ1) is 24.2. The zero-order valence-corrected chi connectivity index (χ0v) is 19.3. The third-order valence-electron chi connectivity index (χ3n) is 7.22. The van der Waals surface area contributed by atoms with Crippen molar-refractivity contribution in [3.05, 3.63) is 59.4 Å². The summed E-state index contributed by atoms with van der Waals surface area (Å²) in [4.78, 5) is 12.7. The minimum Gasteiger partial charge on any atom is -0.462 e. The Kier molecular flexibility index (Phi) is 9.53. The monoisotopic (exact) mass is 437 g/mol. The van der Waals surface area contributed by atoms with Crippen molar-refractivity contribution in [1.82, 2.24) is 0 Å².